The highest BCUT2D eigenvalue weighted by Crippen LogP contribution is 2.33. The molecule has 0 bridgehead atoms. The quantitative estimate of drug-likeness (QED) is 0.135. The van der Waals surface area contributed by atoms with Crippen molar-refractivity contribution in [3.8, 4) is 23.0 Å². The second-order valence-electron chi connectivity index (χ2n) is 9.37. The smallest absolute Gasteiger partial charge is 0.347 e. The predicted molar refractivity (Wildman–Crippen MR) is 145 cm³/mol. The van der Waals surface area contributed by atoms with Crippen molar-refractivity contribution in [2.24, 2.45) is 0 Å². The van der Waals surface area contributed by atoms with Gasteiger partial charge in [0.1, 0.15) is 39.9 Å². The molecular weight excluding hydrogens is 488 g/mol. The number of rotatable bonds is 17. The molecule has 0 radical (unpaired) electrons. The van der Waals surface area contributed by atoms with Crippen molar-refractivity contribution < 1.29 is 38.8 Å². The molecule has 0 saturated heterocycles. The molecule has 0 spiro atoms. The first-order valence-electron chi connectivity index (χ1n) is 13.3. The number of methoxy groups -OCH3 is 2. The lowest BCUT2D eigenvalue weighted by molar-refractivity contribution is -0.118. The summed E-state index contributed by atoms with van der Waals surface area (Å²) < 4.78 is 16.1. The minimum absolute atomic E-state index is 0.0356. The highest BCUT2D eigenvalue weighted by molar-refractivity contribution is 5.98. The maximum atomic E-state index is 13.3. The third-order valence-electron chi connectivity index (χ3n) is 6.41. The molecule has 0 aliphatic heterocycles. The summed E-state index contributed by atoms with van der Waals surface area (Å²) in [6.07, 6.45) is 8.47. The molecule has 0 atom stereocenters. The predicted octanol–water partition coefficient (Wildman–Crippen LogP) is 6.53. The van der Waals surface area contributed by atoms with Gasteiger partial charge in [0.05, 0.1) is 14.2 Å². The molecule has 0 aliphatic carbocycles. The van der Waals surface area contributed by atoms with Crippen molar-refractivity contribution in [1.82, 2.24) is 0 Å². The van der Waals surface area contributed by atoms with Gasteiger partial charge < -0.3 is 24.4 Å². The summed E-state index contributed by atoms with van der Waals surface area (Å²) in [7, 11) is 2.79. The topological polar surface area (TPSA) is 119 Å². The second kappa shape index (κ2) is 15.6. The van der Waals surface area contributed by atoms with Gasteiger partial charge in [0.25, 0.3) is 0 Å². The first kappa shape index (κ1) is 30.7. The van der Waals surface area contributed by atoms with Crippen LogP contribution in [0.4, 0.5) is 0 Å². The van der Waals surface area contributed by atoms with Gasteiger partial charge >= 0.3 is 11.9 Å². The van der Waals surface area contributed by atoms with E-state index in [1.165, 1.54) is 32.4 Å². The number of aromatic carboxylic acids is 1. The first-order valence-corrected chi connectivity index (χ1v) is 13.3. The summed E-state index contributed by atoms with van der Waals surface area (Å²) in [5.41, 5.74) is 0.713. The highest BCUT2D eigenvalue weighted by Gasteiger charge is 2.24. The Balaban J connectivity index is 2.37. The minimum Gasteiger partial charge on any atom is -0.507 e. The van der Waals surface area contributed by atoms with Crippen LogP contribution in [-0.2, 0) is 17.6 Å². The van der Waals surface area contributed by atoms with Gasteiger partial charge in [-0.3, -0.25) is 4.79 Å². The molecule has 8 heteroatoms. The summed E-state index contributed by atoms with van der Waals surface area (Å²) in [5.74, 6) is -1.92. The standard InChI is InChI=1S/C30H40O8/c1-5-7-9-10-12-13-20-16-24(19-26(37-4)28(20)29(33)34)38-30(35)27-21(15-22(31)14-11-8-6-2)17-23(36-3)18-25(27)32/h16-19,32H,5-15H2,1-4H3,(H,33,34). The molecule has 0 fully saturated rings. The van der Waals surface area contributed by atoms with Gasteiger partial charge in [0.15, 0.2) is 0 Å². The number of carbonyl (C=O) groups excluding carboxylic acids is 2. The van der Waals surface area contributed by atoms with Crippen LogP contribution in [0.3, 0.4) is 0 Å². The Morgan fingerprint density at radius 3 is 2.05 bits per heavy atom. The van der Waals surface area contributed by atoms with Gasteiger partial charge in [-0.1, -0.05) is 52.4 Å². The van der Waals surface area contributed by atoms with E-state index < -0.39 is 11.9 Å². The molecule has 2 rings (SSSR count). The molecule has 0 amide bonds. The maximum Gasteiger partial charge on any atom is 0.347 e. The number of hydrogen-bond donors (Lipinski definition) is 2. The summed E-state index contributed by atoms with van der Waals surface area (Å²) in [4.78, 5) is 37.8. The number of benzene rings is 2. The SMILES string of the molecule is CCCCCCCc1cc(OC(=O)c2c(O)cc(OC)cc2CC(=O)CCCCC)cc(OC)c1C(=O)O. The van der Waals surface area contributed by atoms with Crippen molar-refractivity contribution in [1.29, 1.82) is 0 Å². The fourth-order valence-electron chi connectivity index (χ4n) is 4.40. The van der Waals surface area contributed by atoms with Crippen molar-refractivity contribution in [2.75, 3.05) is 14.2 Å². The molecule has 2 aromatic carbocycles. The van der Waals surface area contributed by atoms with Crippen LogP contribution < -0.4 is 14.2 Å². The van der Waals surface area contributed by atoms with E-state index >= 15 is 0 Å². The molecule has 38 heavy (non-hydrogen) atoms. The van der Waals surface area contributed by atoms with E-state index in [-0.39, 0.29) is 40.6 Å². The largest absolute Gasteiger partial charge is 0.507 e. The third-order valence-corrected chi connectivity index (χ3v) is 6.41. The monoisotopic (exact) mass is 528 g/mol. The Kier molecular flexibility index (Phi) is 12.6. The Morgan fingerprint density at radius 1 is 0.763 bits per heavy atom. The van der Waals surface area contributed by atoms with E-state index in [1.807, 2.05) is 0 Å². The van der Waals surface area contributed by atoms with Crippen LogP contribution >= 0.6 is 0 Å². The van der Waals surface area contributed by atoms with Crippen molar-refractivity contribution in [3.63, 3.8) is 0 Å². The van der Waals surface area contributed by atoms with Crippen LogP contribution in [-0.4, -0.2) is 42.2 Å². The number of carbonyl (C=O) groups is 3. The summed E-state index contributed by atoms with van der Waals surface area (Å²) in [5, 5.41) is 20.4. The average molecular weight is 529 g/mol. The second-order valence-corrected chi connectivity index (χ2v) is 9.37. The Bertz CT molecular complexity index is 1110. The van der Waals surface area contributed by atoms with Gasteiger partial charge in [0, 0.05) is 25.0 Å². The molecule has 0 unspecified atom stereocenters. The number of ketones is 1. The lowest BCUT2D eigenvalue weighted by Gasteiger charge is -2.16. The molecule has 0 heterocycles. The number of aromatic hydroxyl groups is 1. The van der Waals surface area contributed by atoms with E-state index in [0.717, 1.165) is 51.4 Å². The molecule has 0 aromatic heterocycles. The van der Waals surface area contributed by atoms with Crippen LogP contribution in [0.2, 0.25) is 0 Å². The van der Waals surface area contributed by atoms with Crippen LogP contribution in [0.25, 0.3) is 0 Å². The summed E-state index contributed by atoms with van der Waals surface area (Å²) in [6.45, 7) is 4.17. The Hall–Kier alpha value is -3.55. The zero-order valence-corrected chi connectivity index (χ0v) is 22.9. The van der Waals surface area contributed by atoms with Crippen LogP contribution in [0.5, 0.6) is 23.0 Å². The van der Waals surface area contributed by atoms with E-state index in [1.54, 1.807) is 6.07 Å². The van der Waals surface area contributed by atoms with E-state index in [2.05, 4.69) is 13.8 Å². The molecule has 0 saturated carbocycles. The van der Waals surface area contributed by atoms with Gasteiger partial charge in [-0.05, 0) is 42.5 Å². The number of carboxylic acid groups (broad SMARTS) is 1. The molecule has 208 valence electrons. The fraction of sp³-hybridized carbons (Fsp3) is 0.500. The van der Waals surface area contributed by atoms with Crippen LogP contribution in [0.1, 0.15) is 103 Å². The summed E-state index contributed by atoms with van der Waals surface area (Å²) >= 11 is 0. The zero-order chi connectivity index (χ0) is 28.1. The fourth-order valence-corrected chi connectivity index (χ4v) is 4.40. The molecule has 0 aliphatic rings. The molecular formula is C30H40O8. The number of carboxylic acids is 1. The Morgan fingerprint density at radius 2 is 1.42 bits per heavy atom. The van der Waals surface area contributed by atoms with Gasteiger partial charge in [0.2, 0.25) is 0 Å². The van der Waals surface area contributed by atoms with Gasteiger partial charge in [-0.2, -0.15) is 0 Å². The molecule has 2 N–H and O–H groups in total. The lowest BCUT2D eigenvalue weighted by Crippen LogP contribution is -2.15. The van der Waals surface area contributed by atoms with Gasteiger partial charge in [-0.25, -0.2) is 9.59 Å². The van der Waals surface area contributed by atoms with E-state index in [4.69, 9.17) is 14.2 Å². The average Bonchev–Trinajstić information content (AvgIpc) is 2.87. The van der Waals surface area contributed by atoms with Crippen molar-refractivity contribution in [2.45, 2.75) is 84.5 Å². The number of Topliss-reactive ketones (excluding diaryl/α,β-unsaturated/α-hetero) is 1. The first-order chi connectivity index (χ1) is 18.2. The molecule has 2 aromatic rings. The normalized spacial score (nSPS) is 10.7. The van der Waals surface area contributed by atoms with Gasteiger partial charge in [-0.15, -0.1) is 0 Å². The zero-order valence-electron chi connectivity index (χ0n) is 22.9. The molecule has 8 nitrogen and oxygen atoms in total. The lowest BCUT2D eigenvalue weighted by atomic mass is 9.98. The highest BCUT2D eigenvalue weighted by atomic mass is 16.5. The van der Waals surface area contributed by atoms with E-state index in [0.29, 0.717) is 29.7 Å². The number of esters is 1. The number of phenols is 1. The number of unbranched alkanes of at least 4 members (excludes halogenated alkanes) is 6. The van der Waals surface area contributed by atoms with Crippen molar-refractivity contribution in [3.05, 3.63) is 46.5 Å². The third kappa shape index (κ3) is 8.78. The minimum atomic E-state index is -1.13. The van der Waals surface area contributed by atoms with Crippen molar-refractivity contribution >= 4 is 17.7 Å². The number of phenolic OH excluding ortho intramolecular Hbond substituents is 1. The number of aryl methyl sites for hydroxylation is 1. The van der Waals surface area contributed by atoms with E-state index in [9.17, 15) is 24.6 Å². The number of hydrogen-bond acceptors (Lipinski definition) is 7. The maximum absolute atomic E-state index is 13.3. The number of ether oxygens (including phenoxy) is 3. The Labute approximate surface area is 224 Å². The van der Waals surface area contributed by atoms with Crippen LogP contribution in [0, 0.1) is 0 Å². The van der Waals surface area contributed by atoms with Crippen LogP contribution in [0.15, 0.2) is 24.3 Å². The summed E-state index contributed by atoms with van der Waals surface area (Å²) in [6, 6.07) is 5.71.